The maximum absolute atomic E-state index is 10.9. The molecule has 1 aromatic carbocycles. The van der Waals surface area contributed by atoms with Crippen molar-refractivity contribution in [1.82, 2.24) is 4.98 Å². The number of azide groups is 1. The SMILES string of the molecule is [N-]=[N+]=Nc1nc(-c2ccc([N+](=O)[O-])cc2)c([N+](=O)[O-])s1. The van der Waals surface area contributed by atoms with E-state index < -0.39 is 9.85 Å². The molecule has 2 rings (SSSR count). The average Bonchev–Trinajstić information content (AvgIpc) is 2.83. The fourth-order valence-electron chi connectivity index (χ4n) is 1.43. The Hall–Kier alpha value is -3.04. The molecule has 100 valence electrons. The van der Waals surface area contributed by atoms with Crippen LogP contribution in [0.25, 0.3) is 21.7 Å². The molecular formula is C9H4N6O4S. The monoisotopic (exact) mass is 292 g/mol. The van der Waals surface area contributed by atoms with Gasteiger partial charge in [0, 0.05) is 22.6 Å². The van der Waals surface area contributed by atoms with Gasteiger partial charge in [-0.2, -0.15) is 0 Å². The normalized spacial score (nSPS) is 9.80. The van der Waals surface area contributed by atoms with Crippen LogP contribution in [0.2, 0.25) is 0 Å². The van der Waals surface area contributed by atoms with Gasteiger partial charge >= 0.3 is 5.00 Å². The Morgan fingerprint density at radius 1 is 1.20 bits per heavy atom. The molecule has 0 unspecified atom stereocenters. The molecule has 0 saturated heterocycles. The van der Waals surface area contributed by atoms with E-state index in [1.807, 2.05) is 0 Å². The van der Waals surface area contributed by atoms with Gasteiger partial charge in [-0.25, -0.2) is 4.98 Å². The molecule has 0 spiro atoms. The predicted octanol–water partition coefficient (Wildman–Crippen LogP) is 3.57. The topological polar surface area (TPSA) is 148 Å². The van der Waals surface area contributed by atoms with Crippen LogP contribution < -0.4 is 0 Å². The molecule has 1 heterocycles. The summed E-state index contributed by atoms with van der Waals surface area (Å²) in [4.78, 5) is 26.6. The first-order chi connectivity index (χ1) is 9.52. The molecule has 0 amide bonds. The van der Waals surface area contributed by atoms with Crippen LogP contribution in [0.1, 0.15) is 0 Å². The van der Waals surface area contributed by atoms with E-state index in [1.54, 1.807) is 0 Å². The zero-order valence-corrected chi connectivity index (χ0v) is 10.4. The van der Waals surface area contributed by atoms with Crippen molar-refractivity contribution >= 4 is 27.2 Å². The largest absolute Gasteiger partial charge is 0.352 e. The molecule has 11 heteroatoms. The van der Waals surface area contributed by atoms with Gasteiger partial charge in [0.15, 0.2) is 10.8 Å². The lowest BCUT2D eigenvalue weighted by Crippen LogP contribution is -1.90. The summed E-state index contributed by atoms with van der Waals surface area (Å²) < 4.78 is 0. The van der Waals surface area contributed by atoms with Crippen LogP contribution in [0.15, 0.2) is 29.4 Å². The van der Waals surface area contributed by atoms with Crippen molar-refractivity contribution in [2.75, 3.05) is 0 Å². The highest BCUT2D eigenvalue weighted by atomic mass is 32.1. The van der Waals surface area contributed by atoms with E-state index in [4.69, 9.17) is 5.53 Å². The average molecular weight is 292 g/mol. The molecule has 0 N–H and O–H groups in total. The Morgan fingerprint density at radius 3 is 2.35 bits per heavy atom. The Kier molecular flexibility index (Phi) is 3.55. The van der Waals surface area contributed by atoms with Crippen molar-refractivity contribution in [2.24, 2.45) is 5.11 Å². The minimum atomic E-state index is -0.648. The molecule has 10 nitrogen and oxygen atoms in total. The number of nitro groups is 2. The number of hydrogen-bond acceptors (Lipinski definition) is 7. The van der Waals surface area contributed by atoms with Crippen LogP contribution in [0, 0.1) is 20.2 Å². The molecular weight excluding hydrogens is 288 g/mol. The fourth-order valence-corrected chi connectivity index (χ4v) is 2.16. The summed E-state index contributed by atoms with van der Waals surface area (Å²) in [6.45, 7) is 0. The third-order valence-corrected chi connectivity index (χ3v) is 3.14. The van der Waals surface area contributed by atoms with E-state index in [0.717, 1.165) is 0 Å². The van der Waals surface area contributed by atoms with Gasteiger partial charge in [0.2, 0.25) is 0 Å². The van der Waals surface area contributed by atoms with Crippen molar-refractivity contribution in [3.05, 3.63) is 54.9 Å². The molecule has 0 atom stereocenters. The molecule has 20 heavy (non-hydrogen) atoms. The third kappa shape index (κ3) is 2.53. The summed E-state index contributed by atoms with van der Waals surface area (Å²) in [6.07, 6.45) is 0. The van der Waals surface area contributed by atoms with Crippen LogP contribution in [0.4, 0.5) is 15.8 Å². The van der Waals surface area contributed by atoms with E-state index in [1.165, 1.54) is 24.3 Å². The second kappa shape index (κ2) is 5.30. The van der Waals surface area contributed by atoms with E-state index in [0.29, 0.717) is 16.9 Å². The van der Waals surface area contributed by atoms with Crippen LogP contribution in [-0.2, 0) is 0 Å². The van der Waals surface area contributed by atoms with E-state index in [2.05, 4.69) is 15.0 Å². The van der Waals surface area contributed by atoms with Gasteiger partial charge in [-0.3, -0.25) is 20.2 Å². The molecule has 0 aliphatic rings. The Labute approximate surface area is 114 Å². The molecule has 0 radical (unpaired) electrons. The highest BCUT2D eigenvalue weighted by Gasteiger charge is 2.22. The summed E-state index contributed by atoms with van der Waals surface area (Å²) in [5.74, 6) is 0. The van der Waals surface area contributed by atoms with Crippen LogP contribution in [0.5, 0.6) is 0 Å². The number of non-ortho nitro benzene ring substituents is 1. The zero-order valence-electron chi connectivity index (χ0n) is 9.53. The van der Waals surface area contributed by atoms with Crippen LogP contribution in [0.3, 0.4) is 0 Å². The number of rotatable bonds is 4. The number of nitro benzene ring substituents is 1. The minimum Gasteiger partial charge on any atom is -0.258 e. The lowest BCUT2D eigenvalue weighted by Gasteiger charge is -1.96. The molecule has 2 aromatic rings. The molecule has 0 bridgehead atoms. The standard InChI is InChI=1S/C9H4N6O4S/c10-13-12-9-11-7(8(20-9)15(18)19)5-1-3-6(4-2-5)14(16)17/h1-4H. The Balaban J connectivity index is 2.53. The summed E-state index contributed by atoms with van der Waals surface area (Å²) in [5, 5.41) is 24.3. The Morgan fingerprint density at radius 2 is 1.85 bits per heavy atom. The maximum atomic E-state index is 10.9. The molecule has 0 aliphatic carbocycles. The zero-order chi connectivity index (χ0) is 14.7. The smallest absolute Gasteiger partial charge is 0.258 e. The van der Waals surface area contributed by atoms with Crippen molar-refractivity contribution in [3.63, 3.8) is 0 Å². The second-order valence-electron chi connectivity index (χ2n) is 3.40. The van der Waals surface area contributed by atoms with Gasteiger partial charge in [-0.05, 0) is 34.1 Å². The summed E-state index contributed by atoms with van der Waals surface area (Å²) in [7, 11) is 0. The molecule has 0 fully saturated rings. The molecule has 0 saturated carbocycles. The summed E-state index contributed by atoms with van der Waals surface area (Å²) in [6, 6.07) is 5.12. The summed E-state index contributed by atoms with van der Waals surface area (Å²) in [5.41, 5.74) is 8.51. The number of nitrogens with zero attached hydrogens (tertiary/aromatic N) is 6. The highest BCUT2D eigenvalue weighted by Crippen LogP contribution is 2.39. The van der Waals surface area contributed by atoms with Crippen LogP contribution in [-0.4, -0.2) is 14.8 Å². The van der Waals surface area contributed by atoms with Crippen LogP contribution >= 0.6 is 11.3 Å². The third-order valence-electron chi connectivity index (χ3n) is 2.25. The first kappa shape index (κ1) is 13.4. The van der Waals surface area contributed by atoms with Crippen molar-refractivity contribution in [3.8, 4) is 11.3 Å². The second-order valence-corrected chi connectivity index (χ2v) is 4.36. The lowest BCUT2D eigenvalue weighted by molar-refractivity contribution is -0.384. The van der Waals surface area contributed by atoms with E-state index in [9.17, 15) is 20.2 Å². The minimum absolute atomic E-state index is 0.0114. The van der Waals surface area contributed by atoms with Gasteiger partial charge in [0.25, 0.3) is 5.69 Å². The van der Waals surface area contributed by atoms with Gasteiger partial charge in [-0.15, -0.1) is 0 Å². The number of hydrogen-bond donors (Lipinski definition) is 0. The molecule has 0 aliphatic heterocycles. The Bertz CT molecular complexity index is 733. The fraction of sp³-hybridized carbons (Fsp3) is 0. The van der Waals surface area contributed by atoms with Crippen molar-refractivity contribution in [2.45, 2.75) is 0 Å². The van der Waals surface area contributed by atoms with Crippen molar-refractivity contribution < 1.29 is 9.85 Å². The first-order valence-corrected chi connectivity index (χ1v) is 5.79. The van der Waals surface area contributed by atoms with Crippen molar-refractivity contribution in [1.29, 1.82) is 0 Å². The highest BCUT2D eigenvalue weighted by molar-refractivity contribution is 7.19. The van der Waals surface area contributed by atoms with E-state index >= 15 is 0 Å². The van der Waals surface area contributed by atoms with Gasteiger partial charge < -0.3 is 0 Å². The molecule has 1 aromatic heterocycles. The predicted molar refractivity (Wildman–Crippen MR) is 69.7 cm³/mol. The maximum Gasteiger partial charge on any atom is 0.352 e. The first-order valence-electron chi connectivity index (χ1n) is 4.98. The number of benzene rings is 1. The van der Waals surface area contributed by atoms with Gasteiger partial charge in [-0.1, -0.05) is 0 Å². The van der Waals surface area contributed by atoms with E-state index in [-0.39, 0.29) is 21.5 Å². The lowest BCUT2D eigenvalue weighted by atomic mass is 10.1. The number of aromatic nitrogens is 1. The quantitative estimate of drug-likeness (QED) is 0.277. The summed E-state index contributed by atoms with van der Waals surface area (Å²) >= 11 is 0.633. The van der Waals surface area contributed by atoms with Gasteiger partial charge in [0.05, 0.1) is 9.85 Å². The number of thiazole rings is 1. The van der Waals surface area contributed by atoms with Gasteiger partial charge in [0.1, 0.15) is 0 Å².